The van der Waals surface area contributed by atoms with Crippen molar-refractivity contribution in [1.29, 1.82) is 5.26 Å². The van der Waals surface area contributed by atoms with Crippen molar-refractivity contribution in [2.75, 3.05) is 12.4 Å². The first-order chi connectivity index (χ1) is 13.2. The number of aromatic nitrogens is 3. The van der Waals surface area contributed by atoms with Crippen LogP contribution in [0.3, 0.4) is 0 Å². The molecule has 0 atom stereocenters. The second-order valence-corrected chi connectivity index (χ2v) is 5.67. The van der Waals surface area contributed by atoms with E-state index in [4.69, 9.17) is 10.1 Å². The summed E-state index contributed by atoms with van der Waals surface area (Å²) in [6.45, 7) is 4.00. The molecule has 0 amide bonds. The van der Waals surface area contributed by atoms with E-state index in [9.17, 15) is 0 Å². The Balaban J connectivity index is 0.000000244. The summed E-state index contributed by atoms with van der Waals surface area (Å²) in [5.41, 5.74) is 4.02. The minimum Gasteiger partial charge on any atom is -0.373 e. The highest BCUT2D eigenvalue weighted by atomic mass is 16.1. The SMILES string of the molecule is C#C.C=O.CNc1ccnc2cc(C3CC3)nn12.Cc1ccc(C#N)cc1. The third kappa shape index (κ3) is 5.98. The van der Waals surface area contributed by atoms with Crippen molar-refractivity contribution < 1.29 is 4.79 Å². The number of fused-ring (bicyclic) bond motifs is 1. The molecule has 2 aromatic heterocycles. The van der Waals surface area contributed by atoms with Crippen molar-refractivity contribution >= 4 is 18.3 Å². The highest BCUT2D eigenvalue weighted by molar-refractivity contribution is 5.49. The standard InChI is InChI=1S/C10H12N4.C8H7N.C2H2.CH2O/c1-11-9-4-5-12-10-6-8(7-2-3-7)13-14(9)10;1-7-2-4-8(6-9)5-3-7;2*1-2/h4-7,11H,2-3H2,1H3;2-5H,1H3;1-2H;1H2. The topological polar surface area (TPSA) is 83.1 Å². The lowest BCUT2D eigenvalue weighted by molar-refractivity contribution is -0.0979. The molecule has 1 saturated carbocycles. The zero-order valence-corrected chi connectivity index (χ0v) is 15.6. The summed E-state index contributed by atoms with van der Waals surface area (Å²) in [5, 5.41) is 16.0. The zero-order chi connectivity index (χ0) is 20.2. The molecule has 1 aliphatic rings. The molecule has 1 aromatic carbocycles. The maximum absolute atomic E-state index is 8.38. The molecule has 6 heteroatoms. The number of benzene rings is 1. The molecule has 0 radical (unpaired) electrons. The number of nitriles is 1. The van der Waals surface area contributed by atoms with Crippen LogP contribution < -0.4 is 5.32 Å². The Morgan fingerprint density at radius 2 is 1.85 bits per heavy atom. The van der Waals surface area contributed by atoms with Crippen LogP contribution in [0.25, 0.3) is 5.65 Å². The fourth-order valence-corrected chi connectivity index (χ4v) is 2.31. The normalized spacial score (nSPS) is 11.4. The first-order valence-corrected chi connectivity index (χ1v) is 8.32. The molecule has 3 aromatic rings. The number of aryl methyl sites for hydroxylation is 1. The molecule has 27 heavy (non-hydrogen) atoms. The molecular weight excluding hydrogens is 338 g/mol. The number of anilines is 1. The minimum absolute atomic E-state index is 0.682. The molecule has 0 spiro atoms. The van der Waals surface area contributed by atoms with Crippen LogP contribution in [0.2, 0.25) is 0 Å². The Morgan fingerprint density at radius 3 is 2.37 bits per heavy atom. The van der Waals surface area contributed by atoms with Gasteiger partial charge >= 0.3 is 0 Å². The molecule has 0 unspecified atom stereocenters. The summed E-state index contributed by atoms with van der Waals surface area (Å²) in [6, 6.07) is 13.6. The minimum atomic E-state index is 0.682. The van der Waals surface area contributed by atoms with Gasteiger partial charge in [-0.05, 0) is 38.0 Å². The molecular formula is C21H23N5O. The number of carbonyl (C=O) groups is 1. The maximum atomic E-state index is 8.38. The maximum Gasteiger partial charge on any atom is 0.157 e. The van der Waals surface area contributed by atoms with Gasteiger partial charge in [0.1, 0.15) is 12.6 Å². The monoisotopic (exact) mass is 361 g/mol. The molecule has 1 N–H and O–H groups in total. The van der Waals surface area contributed by atoms with E-state index in [0.29, 0.717) is 5.92 Å². The predicted molar refractivity (Wildman–Crippen MR) is 107 cm³/mol. The van der Waals surface area contributed by atoms with Gasteiger partial charge in [0.2, 0.25) is 0 Å². The molecule has 1 aliphatic carbocycles. The second-order valence-electron chi connectivity index (χ2n) is 5.67. The van der Waals surface area contributed by atoms with Crippen molar-refractivity contribution in [3.63, 3.8) is 0 Å². The van der Waals surface area contributed by atoms with Gasteiger partial charge in [0.05, 0.1) is 17.3 Å². The largest absolute Gasteiger partial charge is 0.373 e. The van der Waals surface area contributed by atoms with Crippen LogP contribution in [0.5, 0.6) is 0 Å². The fraction of sp³-hybridized carbons (Fsp3) is 0.238. The summed E-state index contributed by atoms with van der Waals surface area (Å²) in [5.74, 6) is 1.67. The van der Waals surface area contributed by atoms with Gasteiger partial charge in [-0.1, -0.05) is 17.7 Å². The molecule has 2 heterocycles. The van der Waals surface area contributed by atoms with Crippen LogP contribution in [0, 0.1) is 31.1 Å². The highest BCUT2D eigenvalue weighted by Crippen LogP contribution is 2.39. The highest BCUT2D eigenvalue weighted by Gasteiger charge is 2.26. The van der Waals surface area contributed by atoms with Crippen LogP contribution >= 0.6 is 0 Å². The molecule has 138 valence electrons. The van der Waals surface area contributed by atoms with Gasteiger partial charge in [-0.2, -0.15) is 14.9 Å². The smallest absolute Gasteiger partial charge is 0.157 e. The summed E-state index contributed by atoms with van der Waals surface area (Å²) in [6.07, 6.45) is 12.4. The Kier molecular flexibility index (Phi) is 8.77. The van der Waals surface area contributed by atoms with Gasteiger partial charge in [-0.3, -0.25) is 0 Å². The summed E-state index contributed by atoms with van der Waals surface area (Å²) in [4.78, 5) is 12.3. The van der Waals surface area contributed by atoms with E-state index in [0.717, 1.165) is 17.0 Å². The van der Waals surface area contributed by atoms with E-state index in [2.05, 4.69) is 40.4 Å². The number of hydrogen-bond acceptors (Lipinski definition) is 5. The summed E-state index contributed by atoms with van der Waals surface area (Å²) < 4.78 is 1.87. The van der Waals surface area contributed by atoms with E-state index in [1.807, 2.05) is 55.6 Å². The zero-order valence-electron chi connectivity index (χ0n) is 15.6. The fourth-order valence-electron chi connectivity index (χ4n) is 2.31. The number of terminal acetylenes is 1. The van der Waals surface area contributed by atoms with Crippen molar-refractivity contribution in [1.82, 2.24) is 14.6 Å². The van der Waals surface area contributed by atoms with Crippen LogP contribution in [-0.2, 0) is 4.79 Å². The van der Waals surface area contributed by atoms with E-state index in [1.54, 1.807) is 6.20 Å². The lowest BCUT2D eigenvalue weighted by Gasteiger charge is -2.00. The van der Waals surface area contributed by atoms with Crippen LogP contribution in [0.4, 0.5) is 5.82 Å². The van der Waals surface area contributed by atoms with Gasteiger partial charge in [-0.25, -0.2) is 4.98 Å². The molecule has 0 bridgehead atoms. The van der Waals surface area contributed by atoms with Gasteiger partial charge in [0, 0.05) is 25.2 Å². The van der Waals surface area contributed by atoms with Gasteiger partial charge in [-0.15, -0.1) is 12.8 Å². The number of rotatable bonds is 2. The number of nitrogens with zero attached hydrogens (tertiary/aromatic N) is 4. The lowest BCUT2D eigenvalue weighted by Crippen LogP contribution is -1.99. The average Bonchev–Trinajstić information content (AvgIpc) is 3.50. The first-order valence-electron chi connectivity index (χ1n) is 8.32. The molecule has 0 saturated heterocycles. The number of carbonyl (C=O) groups excluding carboxylic acids is 1. The average molecular weight is 361 g/mol. The van der Waals surface area contributed by atoms with E-state index < -0.39 is 0 Å². The lowest BCUT2D eigenvalue weighted by atomic mass is 10.2. The predicted octanol–water partition coefficient (Wildman–Crippen LogP) is 3.58. The van der Waals surface area contributed by atoms with Crippen molar-refractivity contribution in [2.24, 2.45) is 0 Å². The summed E-state index contributed by atoms with van der Waals surface area (Å²) in [7, 11) is 1.90. The van der Waals surface area contributed by atoms with Crippen molar-refractivity contribution in [2.45, 2.75) is 25.7 Å². The van der Waals surface area contributed by atoms with E-state index in [1.165, 1.54) is 24.1 Å². The van der Waals surface area contributed by atoms with Crippen molar-refractivity contribution in [3.8, 4) is 18.9 Å². The Morgan fingerprint density at radius 1 is 1.22 bits per heavy atom. The summed E-state index contributed by atoms with van der Waals surface area (Å²) >= 11 is 0. The van der Waals surface area contributed by atoms with Gasteiger partial charge in [0.25, 0.3) is 0 Å². The van der Waals surface area contributed by atoms with Gasteiger partial charge < -0.3 is 10.1 Å². The Bertz CT molecular complexity index is 902. The van der Waals surface area contributed by atoms with Crippen LogP contribution in [0.1, 0.15) is 35.6 Å². The van der Waals surface area contributed by atoms with Crippen LogP contribution in [-0.4, -0.2) is 28.4 Å². The van der Waals surface area contributed by atoms with Gasteiger partial charge in [0.15, 0.2) is 5.65 Å². The second kappa shape index (κ2) is 11.1. The number of hydrogen-bond donors (Lipinski definition) is 1. The molecule has 0 aliphatic heterocycles. The Labute approximate surface area is 159 Å². The third-order valence-electron chi connectivity index (χ3n) is 3.81. The molecule has 1 fully saturated rings. The quantitative estimate of drug-likeness (QED) is 0.706. The first kappa shape index (κ1) is 21.4. The van der Waals surface area contributed by atoms with Crippen molar-refractivity contribution in [3.05, 3.63) is 59.4 Å². The number of nitrogens with one attached hydrogen (secondary N) is 1. The molecule has 4 rings (SSSR count). The Hall–Kier alpha value is -3.64. The molecule has 6 nitrogen and oxygen atoms in total. The van der Waals surface area contributed by atoms with E-state index in [-0.39, 0.29) is 0 Å². The third-order valence-corrected chi connectivity index (χ3v) is 3.81. The van der Waals surface area contributed by atoms with Crippen LogP contribution in [0.15, 0.2) is 42.6 Å². The van der Waals surface area contributed by atoms with E-state index >= 15 is 0 Å².